The van der Waals surface area contributed by atoms with E-state index in [1.807, 2.05) is 36.4 Å². The van der Waals surface area contributed by atoms with Crippen LogP contribution < -0.4 is 0 Å². The summed E-state index contributed by atoms with van der Waals surface area (Å²) in [5, 5.41) is 0. The molecule has 0 fully saturated rings. The molecule has 0 aliphatic heterocycles. The van der Waals surface area contributed by atoms with Gasteiger partial charge in [0.1, 0.15) is 11.2 Å². The van der Waals surface area contributed by atoms with Gasteiger partial charge in [0.05, 0.1) is 0 Å². The van der Waals surface area contributed by atoms with Crippen molar-refractivity contribution in [3.8, 4) is 0 Å². The van der Waals surface area contributed by atoms with Gasteiger partial charge in [0.15, 0.2) is 0 Å². The third-order valence-electron chi connectivity index (χ3n) is 5.85. The van der Waals surface area contributed by atoms with E-state index in [-0.39, 0.29) is 0 Å². The van der Waals surface area contributed by atoms with E-state index < -0.39 is 19.5 Å². The van der Waals surface area contributed by atoms with Crippen LogP contribution in [0.25, 0.3) is 0 Å². The molecule has 2 aromatic carbocycles. The molecule has 0 aliphatic rings. The minimum atomic E-state index is -2.22. The molecule has 0 N–H and O–H groups in total. The summed E-state index contributed by atoms with van der Waals surface area (Å²) in [4.78, 5) is 0. The summed E-state index contributed by atoms with van der Waals surface area (Å²) in [6.45, 7) is 8.36. The van der Waals surface area contributed by atoms with Gasteiger partial charge in [-0.1, -0.05) is 88.4 Å². The van der Waals surface area contributed by atoms with Crippen LogP contribution >= 0.6 is 8.25 Å². The Morgan fingerprint density at radius 2 is 0.964 bits per heavy atom. The Bertz CT molecular complexity index is 646. The Labute approximate surface area is 171 Å². The number of hydrogen-bond acceptors (Lipinski definition) is 3. The van der Waals surface area contributed by atoms with Crippen molar-refractivity contribution in [1.82, 2.24) is 0 Å². The lowest BCUT2D eigenvalue weighted by atomic mass is 9.89. The third kappa shape index (κ3) is 6.24. The molecule has 0 amide bonds. The molecule has 2 rings (SSSR count). The largest absolute Gasteiger partial charge is 0.698 e. The Morgan fingerprint density at radius 3 is 1.25 bits per heavy atom. The summed E-state index contributed by atoms with van der Waals surface area (Å²) in [6.07, 6.45) is 4.60. The van der Waals surface area contributed by atoms with Crippen LogP contribution in [0.2, 0.25) is 0 Å². The first-order valence-electron chi connectivity index (χ1n) is 10.4. The molecule has 28 heavy (non-hydrogen) atoms. The average molecular weight is 402 g/mol. The van der Waals surface area contributed by atoms with Gasteiger partial charge in [0.25, 0.3) is 0 Å². The first-order chi connectivity index (χ1) is 13.5. The van der Waals surface area contributed by atoms with Crippen LogP contribution in [-0.4, -0.2) is 11.2 Å². The molecule has 0 aliphatic carbocycles. The van der Waals surface area contributed by atoms with Gasteiger partial charge in [-0.25, -0.2) is 0 Å². The number of benzene rings is 2. The summed E-state index contributed by atoms with van der Waals surface area (Å²) in [5.74, 6) is 0. The fourth-order valence-electron chi connectivity index (χ4n) is 3.59. The van der Waals surface area contributed by atoms with Crippen LogP contribution in [0.4, 0.5) is 0 Å². The normalized spacial score (nSPS) is 12.1. The summed E-state index contributed by atoms with van der Waals surface area (Å²) in [7, 11) is -2.22. The van der Waals surface area contributed by atoms with E-state index in [0.29, 0.717) is 0 Å². The second-order valence-corrected chi connectivity index (χ2v) is 8.32. The average Bonchev–Trinajstić information content (AvgIpc) is 2.74. The Kier molecular flexibility index (Phi) is 8.82. The molecule has 3 nitrogen and oxygen atoms in total. The predicted molar refractivity (Wildman–Crippen MR) is 117 cm³/mol. The van der Waals surface area contributed by atoms with Gasteiger partial charge in [-0.15, -0.1) is 9.05 Å². The molecule has 2 aromatic rings. The monoisotopic (exact) mass is 401 g/mol. The highest BCUT2D eigenvalue weighted by atomic mass is 31.1. The molecular formula is C24H34O3P+. The maximum Gasteiger partial charge on any atom is 0.698 e. The molecule has 0 radical (unpaired) electrons. The number of hydrogen-bond donors (Lipinski definition) is 0. The zero-order chi connectivity index (χ0) is 20.5. The van der Waals surface area contributed by atoms with E-state index in [0.717, 1.165) is 38.5 Å². The highest BCUT2D eigenvalue weighted by Crippen LogP contribution is 2.43. The maximum absolute atomic E-state index is 13.0. The molecular weight excluding hydrogens is 367 g/mol. The molecule has 0 heterocycles. The maximum atomic E-state index is 13.0. The second kappa shape index (κ2) is 10.9. The van der Waals surface area contributed by atoms with Crippen molar-refractivity contribution in [1.29, 1.82) is 0 Å². The van der Waals surface area contributed by atoms with Crippen LogP contribution in [0.5, 0.6) is 0 Å². The molecule has 0 saturated carbocycles. The van der Waals surface area contributed by atoms with E-state index >= 15 is 0 Å². The zero-order valence-corrected chi connectivity index (χ0v) is 18.6. The molecule has 4 heteroatoms. The van der Waals surface area contributed by atoms with Crippen LogP contribution in [0.3, 0.4) is 0 Å². The Hall–Kier alpha value is -1.54. The first-order valence-corrected chi connectivity index (χ1v) is 11.5. The van der Waals surface area contributed by atoms with Crippen molar-refractivity contribution in [2.75, 3.05) is 0 Å². The first kappa shape index (κ1) is 22.7. The number of rotatable bonds is 12. The van der Waals surface area contributed by atoms with E-state index in [1.54, 1.807) is 0 Å². The van der Waals surface area contributed by atoms with Crippen LogP contribution in [0, 0.1) is 0 Å². The highest BCUT2D eigenvalue weighted by Gasteiger charge is 2.45. The van der Waals surface area contributed by atoms with Crippen molar-refractivity contribution in [2.24, 2.45) is 0 Å². The van der Waals surface area contributed by atoms with Crippen molar-refractivity contribution >= 4 is 8.25 Å². The van der Waals surface area contributed by atoms with Crippen LogP contribution in [-0.2, 0) is 26.5 Å². The van der Waals surface area contributed by atoms with Gasteiger partial charge in [-0.3, -0.25) is 0 Å². The summed E-state index contributed by atoms with van der Waals surface area (Å²) >= 11 is 0. The second-order valence-electron chi connectivity index (χ2n) is 7.51. The molecule has 152 valence electrons. The van der Waals surface area contributed by atoms with E-state index in [1.165, 1.54) is 11.1 Å². The lowest BCUT2D eigenvalue weighted by molar-refractivity contribution is 0.00338. The van der Waals surface area contributed by atoms with Crippen molar-refractivity contribution in [2.45, 2.75) is 77.4 Å². The lowest BCUT2D eigenvalue weighted by Gasteiger charge is -2.28. The van der Waals surface area contributed by atoms with Gasteiger partial charge in [0, 0.05) is 17.4 Å². The third-order valence-corrected chi connectivity index (χ3v) is 6.92. The van der Waals surface area contributed by atoms with E-state index in [9.17, 15) is 4.57 Å². The minimum Gasteiger partial charge on any atom is -0.112 e. The van der Waals surface area contributed by atoms with Crippen molar-refractivity contribution in [3.05, 3.63) is 71.8 Å². The van der Waals surface area contributed by atoms with Gasteiger partial charge in [-0.2, -0.15) is 0 Å². The fourth-order valence-corrected chi connectivity index (χ4v) is 4.91. The summed E-state index contributed by atoms with van der Waals surface area (Å²) in [6, 6.07) is 20.5. The molecule has 0 aromatic heterocycles. The molecule has 0 spiro atoms. The van der Waals surface area contributed by atoms with E-state index in [4.69, 9.17) is 9.05 Å². The Morgan fingerprint density at radius 1 is 0.643 bits per heavy atom. The topological polar surface area (TPSA) is 35.5 Å². The predicted octanol–water partition coefficient (Wildman–Crippen LogP) is 7.28. The Balaban J connectivity index is 2.12. The molecule has 0 saturated heterocycles. The standard InChI is InChI=1S/C24H34O3P/c1-5-23(6-2,19-21-15-11-9-12-16-21)26-28(25)27-24(7-3,8-4)20-22-17-13-10-14-18-22/h9-18H,5-8,19-20H2,1-4H3/q+1. The zero-order valence-electron chi connectivity index (χ0n) is 17.7. The fraction of sp³-hybridized carbons (Fsp3) is 0.500. The SMILES string of the molecule is CCC(CC)(Cc1ccccc1)O[P+](=O)OC(CC)(CC)Cc1ccccc1. The molecule has 0 atom stereocenters. The minimum absolute atomic E-state index is 0.477. The van der Waals surface area contributed by atoms with Gasteiger partial charge < -0.3 is 0 Å². The van der Waals surface area contributed by atoms with E-state index in [2.05, 4.69) is 52.0 Å². The van der Waals surface area contributed by atoms with Gasteiger partial charge >= 0.3 is 8.25 Å². The van der Waals surface area contributed by atoms with Crippen molar-refractivity contribution < 1.29 is 13.6 Å². The quantitative estimate of drug-likeness (QED) is 0.351. The van der Waals surface area contributed by atoms with Gasteiger partial charge in [-0.05, 0) is 36.8 Å². The highest BCUT2D eigenvalue weighted by molar-refractivity contribution is 7.33. The smallest absolute Gasteiger partial charge is 0.112 e. The lowest BCUT2D eigenvalue weighted by Crippen LogP contribution is -2.35. The van der Waals surface area contributed by atoms with Crippen LogP contribution in [0.1, 0.15) is 64.5 Å². The summed E-state index contributed by atoms with van der Waals surface area (Å²) in [5.41, 5.74) is 1.43. The van der Waals surface area contributed by atoms with Crippen LogP contribution in [0.15, 0.2) is 60.7 Å². The molecule has 0 bridgehead atoms. The van der Waals surface area contributed by atoms with Crippen molar-refractivity contribution in [3.63, 3.8) is 0 Å². The molecule has 0 unspecified atom stereocenters. The van der Waals surface area contributed by atoms with Gasteiger partial charge in [0.2, 0.25) is 0 Å². The summed E-state index contributed by atoms with van der Waals surface area (Å²) < 4.78 is 25.2.